The second kappa shape index (κ2) is 5.07. The summed E-state index contributed by atoms with van der Waals surface area (Å²) in [5.74, 6) is 0.791. The Labute approximate surface area is 128 Å². The second-order valence-electron chi connectivity index (χ2n) is 5.19. The normalized spacial score (nSPS) is 11.0. The highest BCUT2D eigenvalue weighted by Crippen LogP contribution is 2.31. The van der Waals surface area contributed by atoms with Crippen LogP contribution in [-0.2, 0) is 7.05 Å². The first-order valence-electron chi connectivity index (χ1n) is 7.17. The molecule has 0 atom stereocenters. The lowest BCUT2D eigenvalue weighted by atomic mass is 10.1. The molecule has 0 saturated carbocycles. The molecule has 0 aliphatic carbocycles. The number of aromatic nitrogens is 3. The molecule has 4 rings (SSSR count). The second-order valence-corrected chi connectivity index (χ2v) is 5.19. The third-order valence-corrected chi connectivity index (χ3v) is 3.90. The quantitative estimate of drug-likeness (QED) is 0.454. The summed E-state index contributed by atoms with van der Waals surface area (Å²) >= 11 is 0. The zero-order chi connectivity index (χ0) is 14.9. The molecule has 0 saturated heterocycles. The molecule has 0 unspecified atom stereocenters. The maximum Gasteiger partial charge on any atom is 0.214 e. The highest BCUT2D eigenvalue weighted by atomic mass is 15.0. The Morgan fingerprint density at radius 2 is 1.50 bits per heavy atom. The number of benzene rings is 2. The van der Waals surface area contributed by atoms with Crippen molar-refractivity contribution < 1.29 is 4.57 Å². The number of nitrogens with zero attached hydrogens (tertiary/aromatic N) is 3. The van der Waals surface area contributed by atoms with Gasteiger partial charge in [0.2, 0.25) is 11.0 Å². The Bertz CT molecular complexity index is 907. The maximum absolute atomic E-state index is 4.28. The lowest BCUT2D eigenvalue weighted by Gasteiger charge is -2.11. The van der Waals surface area contributed by atoms with E-state index in [0.717, 1.165) is 11.5 Å². The molecular formula is C18H15N4+. The van der Waals surface area contributed by atoms with E-state index < -0.39 is 0 Å². The van der Waals surface area contributed by atoms with Gasteiger partial charge in [0, 0.05) is 18.3 Å². The third kappa shape index (κ3) is 1.97. The number of nitrogens with one attached hydrogen (secondary N) is 1. The fourth-order valence-corrected chi connectivity index (χ4v) is 2.86. The Balaban J connectivity index is 2.07. The van der Waals surface area contributed by atoms with Gasteiger partial charge in [-0.2, -0.15) is 4.57 Å². The molecule has 0 radical (unpaired) electrons. The van der Waals surface area contributed by atoms with Crippen LogP contribution < -0.4 is 9.88 Å². The highest BCUT2D eigenvalue weighted by molar-refractivity contribution is 6.05. The zero-order valence-corrected chi connectivity index (χ0v) is 12.2. The van der Waals surface area contributed by atoms with Gasteiger partial charge in [-0.05, 0) is 18.2 Å². The number of aryl methyl sites for hydroxylation is 1. The topological polar surface area (TPSA) is 41.7 Å². The lowest BCUT2D eigenvalue weighted by molar-refractivity contribution is -0.617. The van der Waals surface area contributed by atoms with Gasteiger partial charge in [0.15, 0.2) is 0 Å². The van der Waals surface area contributed by atoms with Gasteiger partial charge >= 0.3 is 0 Å². The van der Waals surface area contributed by atoms with E-state index in [-0.39, 0.29) is 0 Å². The van der Waals surface area contributed by atoms with Gasteiger partial charge in [-0.25, -0.2) is 9.97 Å². The van der Waals surface area contributed by atoms with Crippen LogP contribution in [0.25, 0.3) is 21.8 Å². The van der Waals surface area contributed by atoms with E-state index in [4.69, 9.17) is 0 Å². The van der Waals surface area contributed by atoms with E-state index in [1.165, 1.54) is 21.8 Å². The van der Waals surface area contributed by atoms with Gasteiger partial charge in [0.05, 0.1) is 16.5 Å². The van der Waals surface area contributed by atoms with E-state index in [9.17, 15) is 0 Å². The van der Waals surface area contributed by atoms with Crippen molar-refractivity contribution >= 4 is 33.3 Å². The molecule has 0 aliphatic rings. The molecule has 22 heavy (non-hydrogen) atoms. The number of hydrogen-bond acceptors (Lipinski definition) is 3. The minimum Gasteiger partial charge on any atom is -0.339 e. The Kier molecular flexibility index (Phi) is 2.93. The fraction of sp³-hybridized carbons (Fsp3) is 0.0556. The van der Waals surface area contributed by atoms with Gasteiger partial charge in [0.1, 0.15) is 19.2 Å². The van der Waals surface area contributed by atoms with Crippen molar-refractivity contribution in [3.63, 3.8) is 0 Å². The average molecular weight is 287 g/mol. The summed E-state index contributed by atoms with van der Waals surface area (Å²) < 4.78 is 2.22. The van der Waals surface area contributed by atoms with Crippen molar-refractivity contribution in [1.82, 2.24) is 9.97 Å². The van der Waals surface area contributed by atoms with Crippen LogP contribution in [0.1, 0.15) is 0 Å². The Morgan fingerprint density at radius 1 is 0.864 bits per heavy atom. The van der Waals surface area contributed by atoms with Crippen LogP contribution in [0.15, 0.2) is 67.1 Å². The molecule has 2 heterocycles. The van der Waals surface area contributed by atoms with Crippen molar-refractivity contribution in [3.05, 3.63) is 67.1 Å². The molecule has 4 heteroatoms. The molecule has 1 N–H and O–H groups in total. The average Bonchev–Trinajstić information content (AvgIpc) is 2.59. The lowest BCUT2D eigenvalue weighted by Crippen LogP contribution is -2.30. The third-order valence-electron chi connectivity index (χ3n) is 3.90. The molecule has 4 aromatic rings. The van der Waals surface area contributed by atoms with Gasteiger partial charge in [-0.1, -0.05) is 24.3 Å². The monoisotopic (exact) mass is 287 g/mol. The molecule has 2 aromatic heterocycles. The minimum atomic E-state index is 0.791. The number of rotatable bonds is 2. The summed E-state index contributed by atoms with van der Waals surface area (Å²) in [6.07, 6.45) is 3.29. The molecule has 0 aliphatic heterocycles. The summed E-state index contributed by atoms with van der Waals surface area (Å²) in [6.45, 7) is 0. The summed E-state index contributed by atoms with van der Waals surface area (Å²) in [4.78, 5) is 8.25. The highest BCUT2D eigenvalue weighted by Gasteiger charge is 2.17. The van der Waals surface area contributed by atoms with Crippen LogP contribution in [0.2, 0.25) is 0 Å². The molecule has 0 fully saturated rings. The Morgan fingerprint density at radius 3 is 2.09 bits per heavy atom. The van der Waals surface area contributed by atoms with Gasteiger partial charge in [0.25, 0.3) is 0 Å². The van der Waals surface area contributed by atoms with E-state index in [0.29, 0.717) is 0 Å². The van der Waals surface area contributed by atoms with Crippen molar-refractivity contribution in [2.75, 3.05) is 5.32 Å². The molecule has 0 bridgehead atoms. The van der Waals surface area contributed by atoms with Gasteiger partial charge in [-0.3, -0.25) is 0 Å². The summed E-state index contributed by atoms with van der Waals surface area (Å²) in [6, 6.07) is 18.6. The van der Waals surface area contributed by atoms with Crippen molar-refractivity contribution in [2.24, 2.45) is 7.05 Å². The van der Waals surface area contributed by atoms with Crippen LogP contribution in [0.4, 0.5) is 11.5 Å². The largest absolute Gasteiger partial charge is 0.339 e. The van der Waals surface area contributed by atoms with Crippen LogP contribution in [0, 0.1) is 0 Å². The van der Waals surface area contributed by atoms with Crippen LogP contribution in [-0.4, -0.2) is 9.97 Å². The number of anilines is 2. The zero-order valence-electron chi connectivity index (χ0n) is 12.2. The van der Waals surface area contributed by atoms with Gasteiger partial charge in [-0.15, -0.1) is 0 Å². The standard InChI is InChI=1S/C18H14N4/c1-22-15-8-4-2-6-13(15)18(14-7-3-5-9-16(14)22)21-17-10-11-19-12-20-17/h2-12H,1H3/p+1. The van der Waals surface area contributed by atoms with E-state index in [2.05, 4.69) is 75.4 Å². The van der Waals surface area contributed by atoms with Gasteiger partial charge < -0.3 is 5.32 Å². The van der Waals surface area contributed by atoms with Crippen molar-refractivity contribution in [3.8, 4) is 0 Å². The minimum absolute atomic E-state index is 0.791. The number of para-hydroxylation sites is 2. The molecule has 0 amide bonds. The molecule has 106 valence electrons. The van der Waals surface area contributed by atoms with Crippen LogP contribution in [0.3, 0.4) is 0 Å². The number of pyridine rings is 1. The van der Waals surface area contributed by atoms with Crippen molar-refractivity contribution in [1.29, 1.82) is 0 Å². The first kappa shape index (κ1) is 12.7. The molecular weight excluding hydrogens is 272 g/mol. The first-order valence-corrected chi connectivity index (χ1v) is 7.17. The SMILES string of the molecule is C[n+]1c2ccccc2c(Nc2ccncn2)c2ccccc21. The van der Waals surface area contributed by atoms with E-state index in [1.807, 2.05) is 6.07 Å². The smallest absolute Gasteiger partial charge is 0.214 e. The van der Waals surface area contributed by atoms with E-state index >= 15 is 0 Å². The maximum atomic E-state index is 4.28. The number of hydrogen-bond donors (Lipinski definition) is 1. The summed E-state index contributed by atoms with van der Waals surface area (Å²) in [7, 11) is 2.10. The number of fused-ring (bicyclic) bond motifs is 2. The van der Waals surface area contributed by atoms with Crippen LogP contribution in [0.5, 0.6) is 0 Å². The van der Waals surface area contributed by atoms with Crippen molar-refractivity contribution in [2.45, 2.75) is 0 Å². The summed E-state index contributed by atoms with van der Waals surface area (Å²) in [5.41, 5.74) is 3.43. The van der Waals surface area contributed by atoms with E-state index in [1.54, 1.807) is 12.5 Å². The summed E-state index contributed by atoms with van der Waals surface area (Å²) in [5, 5.41) is 5.79. The molecule has 0 spiro atoms. The molecule has 2 aromatic carbocycles. The first-order chi connectivity index (χ1) is 10.8. The predicted molar refractivity (Wildman–Crippen MR) is 87.9 cm³/mol. The Hall–Kier alpha value is -3.01. The predicted octanol–water partition coefficient (Wildman–Crippen LogP) is 3.35. The molecule has 4 nitrogen and oxygen atoms in total. The van der Waals surface area contributed by atoms with Crippen LogP contribution >= 0.6 is 0 Å². The fourth-order valence-electron chi connectivity index (χ4n) is 2.86.